The van der Waals surface area contributed by atoms with Crippen LogP contribution in [0.4, 0.5) is 0 Å². The van der Waals surface area contributed by atoms with E-state index >= 15 is 0 Å². The van der Waals surface area contributed by atoms with Crippen LogP contribution in [0.2, 0.25) is 0 Å². The van der Waals surface area contributed by atoms with E-state index in [0.29, 0.717) is 0 Å². The molecule has 1 N–H and O–H groups in total. The largest absolute Gasteiger partial charge is 0.348 e. The van der Waals surface area contributed by atoms with Crippen LogP contribution in [0.15, 0.2) is 30.3 Å². The molecule has 2 nitrogen and oxygen atoms in total. The molecule has 2 rings (SSSR count). The predicted octanol–water partition coefficient (Wildman–Crippen LogP) is 2.52. The highest BCUT2D eigenvalue weighted by Crippen LogP contribution is 2.42. The summed E-state index contributed by atoms with van der Waals surface area (Å²) in [6, 6.07) is 10.4. The summed E-state index contributed by atoms with van der Waals surface area (Å²) in [6.07, 6.45) is 0. The summed E-state index contributed by atoms with van der Waals surface area (Å²) in [6.45, 7) is 6.35. The number of amides is 1. The van der Waals surface area contributed by atoms with Crippen molar-refractivity contribution in [2.45, 2.75) is 26.8 Å². The molecule has 1 aromatic rings. The van der Waals surface area contributed by atoms with E-state index in [2.05, 4.69) is 38.2 Å². The summed E-state index contributed by atoms with van der Waals surface area (Å²) in [5, 5.41) is 2.98. The predicted molar refractivity (Wildman–Crippen MR) is 60.3 cm³/mol. The summed E-state index contributed by atoms with van der Waals surface area (Å²) in [5.74, 6) is 0.274. The second-order valence-electron chi connectivity index (χ2n) is 5.24. The van der Waals surface area contributed by atoms with Crippen LogP contribution < -0.4 is 5.32 Å². The number of hydrogen-bond acceptors (Lipinski definition) is 1. The zero-order valence-corrected chi connectivity index (χ0v) is 9.45. The van der Waals surface area contributed by atoms with E-state index < -0.39 is 0 Å². The minimum atomic E-state index is 0.0306. The molecule has 1 heterocycles. The molecule has 0 aliphatic carbocycles. The minimum absolute atomic E-state index is 0.0306. The normalized spacial score (nSPS) is 25.7. The quantitative estimate of drug-likeness (QED) is 0.698. The summed E-state index contributed by atoms with van der Waals surface area (Å²) >= 11 is 0. The lowest BCUT2D eigenvalue weighted by atomic mass is 9.69. The molecule has 2 heteroatoms. The van der Waals surface area contributed by atoms with Gasteiger partial charge < -0.3 is 5.32 Å². The van der Waals surface area contributed by atoms with Crippen molar-refractivity contribution in [1.82, 2.24) is 5.32 Å². The number of rotatable bonds is 1. The van der Waals surface area contributed by atoms with E-state index in [9.17, 15) is 4.79 Å². The van der Waals surface area contributed by atoms with Crippen molar-refractivity contribution in [1.29, 1.82) is 0 Å². The van der Waals surface area contributed by atoms with E-state index in [1.807, 2.05) is 18.2 Å². The number of nitrogens with one attached hydrogen (secondary N) is 1. The first-order chi connectivity index (χ1) is 7.00. The van der Waals surface area contributed by atoms with Crippen LogP contribution in [0.1, 0.15) is 32.4 Å². The topological polar surface area (TPSA) is 29.1 Å². The van der Waals surface area contributed by atoms with Gasteiger partial charge in [0.2, 0.25) is 5.91 Å². The standard InChI is InChI=1S/C13H17NO/c1-13(2,3)10-11(14-12(10)15)9-7-5-4-6-8-9/h4-8,10-11H,1-3H3,(H,14,15)/t10-,11+/m0/s1. The highest BCUT2D eigenvalue weighted by Gasteiger charge is 2.46. The van der Waals surface area contributed by atoms with Crippen LogP contribution in [-0.2, 0) is 4.79 Å². The third-order valence-corrected chi connectivity index (χ3v) is 3.01. The van der Waals surface area contributed by atoms with E-state index in [-0.39, 0.29) is 23.3 Å². The molecule has 1 aliphatic heterocycles. The zero-order chi connectivity index (χ0) is 11.1. The minimum Gasteiger partial charge on any atom is -0.348 e. The highest BCUT2D eigenvalue weighted by atomic mass is 16.2. The molecule has 0 unspecified atom stereocenters. The zero-order valence-electron chi connectivity index (χ0n) is 9.45. The SMILES string of the molecule is CC(C)(C)[C@@H]1C(=O)N[C@@H]1c1ccccc1. The van der Waals surface area contributed by atoms with Crippen molar-refractivity contribution in [2.75, 3.05) is 0 Å². The van der Waals surface area contributed by atoms with Crippen LogP contribution in [0.3, 0.4) is 0 Å². The van der Waals surface area contributed by atoms with Gasteiger partial charge in [-0.15, -0.1) is 0 Å². The Bertz CT molecular complexity index is 364. The van der Waals surface area contributed by atoms with E-state index in [1.54, 1.807) is 0 Å². The molecule has 1 aromatic carbocycles. The molecule has 80 valence electrons. The van der Waals surface area contributed by atoms with Crippen molar-refractivity contribution in [2.24, 2.45) is 11.3 Å². The number of hydrogen-bond donors (Lipinski definition) is 1. The fraction of sp³-hybridized carbons (Fsp3) is 0.462. The second-order valence-corrected chi connectivity index (χ2v) is 5.24. The third-order valence-electron chi connectivity index (χ3n) is 3.01. The first-order valence-corrected chi connectivity index (χ1v) is 5.35. The smallest absolute Gasteiger partial charge is 0.226 e. The molecule has 1 amide bonds. The average Bonchev–Trinajstić information content (AvgIpc) is 2.12. The van der Waals surface area contributed by atoms with Gasteiger partial charge in [0.05, 0.1) is 12.0 Å². The van der Waals surface area contributed by atoms with Gasteiger partial charge in [-0.1, -0.05) is 51.1 Å². The Morgan fingerprint density at radius 1 is 1.13 bits per heavy atom. The Labute approximate surface area is 90.7 Å². The Morgan fingerprint density at radius 2 is 1.73 bits per heavy atom. The molecule has 0 radical (unpaired) electrons. The van der Waals surface area contributed by atoms with Gasteiger partial charge in [-0.05, 0) is 11.0 Å². The molecule has 0 aromatic heterocycles. The molecule has 2 atom stereocenters. The van der Waals surface area contributed by atoms with Gasteiger partial charge in [0.15, 0.2) is 0 Å². The van der Waals surface area contributed by atoms with Crippen LogP contribution in [0.25, 0.3) is 0 Å². The second kappa shape index (κ2) is 3.37. The first-order valence-electron chi connectivity index (χ1n) is 5.35. The molecule has 15 heavy (non-hydrogen) atoms. The Kier molecular flexibility index (Phi) is 2.29. The van der Waals surface area contributed by atoms with Gasteiger partial charge in [0.25, 0.3) is 0 Å². The molecule has 1 aliphatic rings. The van der Waals surface area contributed by atoms with Gasteiger partial charge in [-0.2, -0.15) is 0 Å². The van der Waals surface area contributed by atoms with Gasteiger partial charge in [0, 0.05) is 0 Å². The Balaban J connectivity index is 2.23. The number of carbonyl (C=O) groups excluding carboxylic acids is 1. The number of carbonyl (C=O) groups is 1. The van der Waals surface area contributed by atoms with Crippen molar-refractivity contribution >= 4 is 5.91 Å². The van der Waals surface area contributed by atoms with Gasteiger partial charge in [-0.25, -0.2) is 0 Å². The van der Waals surface area contributed by atoms with Gasteiger partial charge in [0.1, 0.15) is 0 Å². The Morgan fingerprint density at radius 3 is 2.20 bits per heavy atom. The maximum atomic E-state index is 11.5. The van der Waals surface area contributed by atoms with Gasteiger partial charge in [-0.3, -0.25) is 4.79 Å². The van der Waals surface area contributed by atoms with E-state index in [1.165, 1.54) is 5.56 Å². The van der Waals surface area contributed by atoms with E-state index in [4.69, 9.17) is 0 Å². The maximum Gasteiger partial charge on any atom is 0.226 e. The van der Waals surface area contributed by atoms with Gasteiger partial charge >= 0.3 is 0 Å². The number of benzene rings is 1. The molecule has 0 spiro atoms. The molecular weight excluding hydrogens is 186 g/mol. The van der Waals surface area contributed by atoms with Crippen LogP contribution in [0.5, 0.6) is 0 Å². The van der Waals surface area contributed by atoms with Crippen LogP contribution in [0, 0.1) is 11.3 Å². The molecule has 0 bridgehead atoms. The first kappa shape index (κ1) is 10.2. The van der Waals surface area contributed by atoms with Crippen molar-refractivity contribution in [3.63, 3.8) is 0 Å². The molecule has 1 fully saturated rings. The number of β-lactam (4-membered cyclic amide) rings is 1. The van der Waals surface area contributed by atoms with E-state index in [0.717, 1.165) is 0 Å². The van der Waals surface area contributed by atoms with Crippen LogP contribution in [-0.4, -0.2) is 5.91 Å². The monoisotopic (exact) mass is 203 g/mol. The fourth-order valence-corrected chi connectivity index (χ4v) is 2.21. The lowest BCUT2D eigenvalue weighted by molar-refractivity contribution is -0.141. The highest BCUT2D eigenvalue weighted by molar-refractivity contribution is 5.87. The lowest BCUT2D eigenvalue weighted by Gasteiger charge is -2.44. The average molecular weight is 203 g/mol. The third kappa shape index (κ3) is 1.76. The van der Waals surface area contributed by atoms with Crippen molar-refractivity contribution in [3.05, 3.63) is 35.9 Å². The maximum absolute atomic E-state index is 11.5. The molecule has 0 saturated carbocycles. The summed E-state index contributed by atoms with van der Waals surface area (Å²) in [7, 11) is 0. The summed E-state index contributed by atoms with van der Waals surface area (Å²) < 4.78 is 0. The van der Waals surface area contributed by atoms with Crippen molar-refractivity contribution in [3.8, 4) is 0 Å². The molecular formula is C13H17NO. The van der Waals surface area contributed by atoms with Crippen molar-refractivity contribution < 1.29 is 4.79 Å². The summed E-state index contributed by atoms with van der Waals surface area (Å²) in [5.41, 5.74) is 1.24. The summed E-state index contributed by atoms with van der Waals surface area (Å²) in [4.78, 5) is 11.5. The van der Waals surface area contributed by atoms with Crippen LogP contribution >= 0.6 is 0 Å². The molecule has 1 saturated heterocycles. The Hall–Kier alpha value is -1.31. The lowest BCUT2D eigenvalue weighted by Crippen LogP contribution is -2.56. The fourth-order valence-electron chi connectivity index (χ4n) is 2.21.